The number of carbonyl (C=O) groups is 1. The Morgan fingerprint density at radius 3 is 2.87 bits per heavy atom. The smallest absolute Gasteiger partial charge is 0.257 e. The Hall–Kier alpha value is -2.72. The summed E-state index contributed by atoms with van der Waals surface area (Å²) in [6.45, 7) is 3.62. The summed E-state index contributed by atoms with van der Waals surface area (Å²) in [6.07, 6.45) is -0.254. The van der Waals surface area contributed by atoms with E-state index in [0.29, 0.717) is 48.5 Å². The second-order valence-corrected chi connectivity index (χ2v) is 10.2. The van der Waals surface area contributed by atoms with Gasteiger partial charge >= 0.3 is 0 Å². The lowest BCUT2D eigenvalue weighted by Gasteiger charge is -2.31. The molecule has 31 heavy (non-hydrogen) atoms. The van der Waals surface area contributed by atoms with Crippen LogP contribution in [0.5, 0.6) is 11.5 Å². The van der Waals surface area contributed by atoms with E-state index in [-0.39, 0.29) is 17.8 Å². The van der Waals surface area contributed by atoms with Gasteiger partial charge in [-0.2, -0.15) is 0 Å². The quantitative estimate of drug-likeness (QED) is 0.694. The summed E-state index contributed by atoms with van der Waals surface area (Å²) in [5, 5.41) is 0.449. The molecule has 0 saturated heterocycles. The van der Waals surface area contributed by atoms with Crippen LogP contribution in [0.3, 0.4) is 0 Å². The molecule has 8 nitrogen and oxygen atoms in total. The van der Waals surface area contributed by atoms with Crippen LogP contribution in [-0.2, 0) is 10.0 Å². The molecule has 1 amide bonds. The third-order valence-corrected chi connectivity index (χ3v) is 7.69. The largest absolute Gasteiger partial charge is 0.486 e. The van der Waals surface area contributed by atoms with Gasteiger partial charge in [-0.1, -0.05) is 12.1 Å². The molecule has 0 bridgehead atoms. The Morgan fingerprint density at radius 1 is 1.26 bits per heavy atom. The molecule has 1 atom stereocenters. The van der Waals surface area contributed by atoms with Crippen LogP contribution in [-0.4, -0.2) is 62.5 Å². The summed E-state index contributed by atoms with van der Waals surface area (Å²) in [4.78, 5) is 17.7. The number of hydrogen-bond donors (Lipinski definition) is 0. The summed E-state index contributed by atoms with van der Waals surface area (Å²) >= 11 is 1.28. The minimum absolute atomic E-state index is 0.00656. The number of sulfonamides is 1. The molecule has 10 heteroatoms. The number of thioether (sulfide) groups is 1. The fourth-order valence-electron chi connectivity index (χ4n) is 3.80. The van der Waals surface area contributed by atoms with Crippen molar-refractivity contribution in [1.82, 2.24) is 4.90 Å². The van der Waals surface area contributed by atoms with Crippen molar-refractivity contribution in [2.45, 2.75) is 17.9 Å². The van der Waals surface area contributed by atoms with E-state index in [1.165, 1.54) is 11.8 Å². The Kier molecular flexibility index (Phi) is 5.05. The molecular weight excluding hydrogens is 438 g/mol. The lowest BCUT2D eigenvalue weighted by atomic mass is 10.1. The number of para-hydroxylation sites is 2. The summed E-state index contributed by atoms with van der Waals surface area (Å²) in [5.74, 6) is 1.29. The fourth-order valence-corrected chi connectivity index (χ4v) is 6.10. The van der Waals surface area contributed by atoms with Gasteiger partial charge in [0.1, 0.15) is 6.61 Å². The fraction of sp³-hybridized carbons (Fsp3) is 0.333. The van der Waals surface area contributed by atoms with Gasteiger partial charge in [-0.15, -0.1) is 4.40 Å². The third kappa shape index (κ3) is 3.85. The number of fused-ring (bicyclic) bond motifs is 4. The van der Waals surface area contributed by atoms with Crippen molar-refractivity contribution >= 4 is 38.5 Å². The van der Waals surface area contributed by atoms with E-state index >= 15 is 0 Å². The van der Waals surface area contributed by atoms with Crippen LogP contribution in [0.4, 0.5) is 5.69 Å². The van der Waals surface area contributed by atoms with Crippen LogP contribution in [0.25, 0.3) is 0 Å². The van der Waals surface area contributed by atoms with Crippen molar-refractivity contribution in [2.24, 2.45) is 4.40 Å². The maximum absolute atomic E-state index is 13.2. The van der Waals surface area contributed by atoms with E-state index < -0.39 is 10.0 Å². The van der Waals surface area contributed by atoms with Crippen molar-refractivity contribution in [1.29, 1.82) is 0 Å². The lowest BCUT2D eigenvalue weighted by molar-refractivity contribution is 0.0475. The van der Waals surface area contributed by atoms with Crippen LogP contribution in [0.2, 0.25) is 0 Å². The molecule has 0 fully saturated rings. The average molecular weight is 460 g/mol. The van der Waals surface area contributed by atoms with Crippen LogP contribution in [0.1, 0.15) is 17.3 Å². The minimum Gasteiger partial charge on any atom is -0.486 e. The number of benzene rings is 2. The first-order valence-electron chi connectivity index (χ1n) is 10.0. The Morgan fingerprint density at radius 2 is 2.06 bits per heavy atom. The molecule has 0 saturated carbocycles. The van der Waals surface area contributed by atoms with Crippen molar-refractivity contribution in [3.8, 4) is 11.5 Å². The summed E-state index contributed by atoms with van der Waals surface area (Å²) in [5.41, 5.74) is 1.44. The predicted octanol–water partition coefficient (Wildman–Crippen LogP) is 2.60. The van der Waals surface area contributed by atoms with E-state index in [2.05, 4.69) is 4.40 Å². The Balaban J connectivity index is 1.32. The zero-order chi connectivity index (χ0) is 21.6. The van der Waals surface area contributed by atoms with Crippen LogP contribution in [0, 0.1) is 0 Å². The molecule has 2 aromatic rings. The molecule has 162 valence electrons. The molecule has 0 aromatic heterocycles. The molecule has 0 aliphatic carbocycles. The van der Waals surface area contributed by atoms with E-state index in [9.17, 15) is 13.2 Å². The monoisotopic (exact) mass is 459 g/mol. The van der Waals surface area contributed by atoms with Gasteiger partial charge in [0.2, 0.25) is 0 Å². The van der Waals surface area contributed by atoms with E-state index in [1.807, 2.05) is 48.2 Å². The van der Waals surface area contributed by atoms with Gasteiger partial charge in [-0.25, -0.2) is 8.42 Å². The number of likely N-dealkylation sites (N-methyl/N-ethyl adjacent to an activating group) is 1. The molecule has 0 unspecified atom stereocenters. The summed E-state index contributed by atoms with van der Waals surface area (Å²) in [6, 6.07) is 13.0. The summed E-state index contributed by atoms with van der Waals surface area (Å²) in [7, 11) is -3.41. The Labute approximate surface area is 184 Å². The highest BCUT2D eigenvalue weighted by Gasteiger charge is 2.34. The number of hydrogen-bond acceptors (Lipinski definition) is 7. The topological polar surface area (TPSA) is 88.5 Å². The number of rotatable bonds is 4. The molecular formula is C21H21N3O5S2. The molecule has 3 heterocycles. The van der Waals surface area contributed by atoms with Crippen molar-refractivity contribution < 1.29 is 22.7 Å². The maximum atomic E-state index is 13.2. The molecule has 0 N–H and O–H groups in total. The van der Waals surface area contributed by atoms with Crippen molar-refractivity contribution in [3.63, 3.8) is 0 Å². The van der Waals surface area contributed by atoms with Gasteiger partial charge in [0.25, 0.3) is 15.9 Å². The summed E-state index contributed by atoms with van der Waals surface area (Å²) < 4.78 is 39.2. The molecule has 0 radical (unpaired) electrons. The van der Waals surface area contributed by atoms with Gasteiger partial charge in [0.05, 0.1) is 18.0 Å². The zero-order valence-electron chi connectivity index (χ0n) is 16.9. The Bertz CT molecular complexity index is 1180. The third-order valence-electron chi connectivity index (χ3n) is 5.38. The molecule has 3 aliphatic heterocycles. The van der Waals surface area contributed by atoms with E-state index in [0.717, 1.165) is 10.6 Å². The molecule has 0 spiro atoms. The number of amides is 1. The van der Waals surface area contributed by atoms with Crippen molar-refractivity contribution in [2.75, 3.05) is 36.9 Å². The van der Waals surface area contributed by atoms with Gasteiger partial charge in [0, 0.05) is 23.5 Å². The predicted molar refractivity (Wildman–Crippen MR) is 119 cm³/mol. The number of carbonyl (C=O) groups excluding carboxylic acids is 1. The first kappa shape index (κ1) is 20.2. The van der Waals surface area contributed by atoms with Crippen molar-refractivity contribution in [3.05, 3.63) is 48.0 Å². The highest BCUT2D eigenvalue weighted by atomic mass is 32.2. The van der Waals surface area contributed by atoms with Gasteiger partial charge in [-0.05, 0) is 49.0 Å². The number of ether oxygens (including phenoxy) is 2. The molecule has 2 aromatic carbocycles. The van der Waals surface area contributed by atoms with Crippen LogP contribution < -0.4 is 14.4 Å². The van der Waals surface area contributed by atoms with Gasteiger partial charge < -0.3 is 19.3 Å². The first-order chi connectivity index (χ1) is 14.9. The normalized spacial score (nSPS) is 20.5. The van der Waals surface area contributed by atoms with E-state index in [4.69, 9.17) is 9.47 Å². The van der Waals surface area contributed by atoms with E-state index in [1.54, 1.807) is 11.0 Å². The number of amidine groups is 1. The van der Waals surface area contributed by atoms with Gasteiger partial charge in [0.15, 0.2) is 22.8 Å². The standard InChI is InChI=1S/C21H21N3O5S2/c1-2-23(12-15-13-28-17-5-3-4-6-18(17)29-15)20(25)14-7-8-16-19(11-14)30-21-22-31(26,27)10-9-24(16)21/h3-8,11,15H,2,9-10,12-13H2,1H3/t15-/m1/s1. The maximum Gasteiger partial charge on any atom is 0.257 e. The molecule has 3 aliphatic rings. The van der Waals surface area contributed by atoms with Crippen LogP contribution >= 0.6 is 11.8 Å². The SMILES string of the molecule is CCN(C[C@@H]1COc2ccccc2O1)C(=O)c1ccc2c(c1)SC1=NS(=O)(=O)CCN12. The number of nitrogens with zero attached hydrogens (tertiary/aromatic N) is 3. The first-order valence-corrected chi connectivity index (χ1v) is 12.5. The zero-order valence-corrected chi connectivity index (χ0v) is 18.5. The number of anilines is 1. The minimum atomic E-state index is -3.41. The van der Waals surface area contributed by atoms with Crippen LogP contribution in [0.15, 0.2) is 51.8 Å². The second kappa shape index (κ2) is 7.76. The molecule has 5 rings (SSSR count). The lowest BCUT2D eigenvalue weighted by Crippen LogP contribution is -2.43. The average Bonchev–Trinajstić information content (AvgIpc) is 3.12. The van der Waals surface area contributed by atoms with Gasteiger partial charge in [-0.3, -0.25) is 4.79 Å². The highest BCUT2D eigenvalue weighted by molar-refractivity contribution is 8.15. The highest BCUT2D eigenvalue weighted by Crippen LogP contribution is 2.42. The second-order valence-electron chi connectivity index (χ2n) is 7.44.